The number of nitrogens with two attached hydrogens (primary N) is 1. The van der Waals surface area contributed by atoms with Crippen LogP contribution >= 0.6 is 0 Å². The topological polar surface area (TPSA) is 65.2 Å². The van der Waals surface area contributed by atoms with Crippen LogP contribution in [-0.2, 0) is 16.0 Å². The molecule has 0 spiro atoms. The van der Waals surface area contributed by atoms with E-state index in [9.17, 15) is 4.79 Å². The zero-order valence-corrected chi connectivity index (χ0v) is 23.3. The molecule has 2 aromatic carbocycles. The Bertz CT molecular complexity index is 1230. The Morgan fingerprint density at radius 2 is 1.70 bits per heavy atom. The summed E-state index contributed by atoms with van der Waals surface area (Å²) in [5, 5.41) is 2.54. The highest BCUT2D eigenvalue weighted by Crippen LogP contribution is 2.40. The number of rotatable bonds is 5. The molecule has 1 aliphatic carbocycles. The van der Waals surface area contributed by atoms with Gasteiger partial charge in [-0.1, -0.05) is 58.0 Å². The van der Waals surface area contributed by atoms with Gasteiger partial charge in [0, 0.05) is 42.0 Å². The number of hydrogen-bond donors (Lipinski definition) is 1. The lowest BCUT2D eigenvalue weighted by Crippen LogP contribution is -2.28. The summed E-state index contributed by atoms with van der Waals surface area (Å²) in [6.07, 6.45) is 5.75. The molecule has 2 fully saturated rings. The molecule has 4 heteroatoms. The predicted molar refractivity (Wildman–Crippen MR) is 154 cm³/mol. The van der Waals surface area contributed by atoms with Crippen LogP contribution in [0.4, 0.5) is 0 Å². The minimum absolute atomic E-state index is 0.0163. The number of nitrogens with zero attached hydrogens (tertiary/aromatic N) is 1. The van der Waals surface area contributed by atoms with Gasteiger partial charge in [0.2, 0.25) is 5.91 Å². The van der Waals surface area contributed by atoms with Crippen molar-refractivity contribution in [3.05, 3.63) is 65.0 Å². The van der Waals surface area contributed by atoms with Gasteiger partial charge in [-0.2, -0.15) is 0 Å². The number of amides is 1. The van der Waals surface area contributed by atoms with E-state index in [0.717, 1.165) is 51.7 Å². The molecular weight excluding hydrogens is 456 g/mol. The smallest absolute Gasteiger partial charge is 0.220 e. The van der Waals surface area contributed by atoms with Crippen LogP contribution < -0.4 is 5.73 Å². The van der Waals surface area contributed by atoms with E-state index in [2.05, 4.69) is 63.2 Å². The second-order valence-corrected chi connectivity index (χ2v) is 10.8. The molecule has 0 radical (unpaired) electrons. The van der Waals surface area contributed by atoms with Gasteiger partial charge in [-0.25, -0.2) is 0 Å². The van der Waals surface area contributed by atoms with E-state index >= 15 is 0 Å². The summed E-state index contributed by atoms with van der Waals surface area (Å²) in [5.74, 6) is 1.11. The Kier molecular flexibility index (Phi) is 9.02. The van der Waals surface area contributed by atoms with E-state index in [-0.39, 0.29) is 11.8 Å². The van der Waals surface area contributed by atoms with E-state index in [1.54, 1.807) is 0 Å². The van der Waals surface area contributed by atoms with Crippen LogP contribution in [-0.4, -0.2) is 24.1 Å². The Labute approximate surface area is 223 Å². The van der Waals surface area contributed by atoms with Crippen LogP contribution in [0.2, 0.25) is 0 Å². The minimum Gasteiger partial charge on any atom is -0.381 e. The van der Waals surface area contributed by atoms with Crippen molar-refractivity contribution >= 4 is 16.7 Å². The largest absolute Gasteiger partial charge is 0.381 e. The maximum Gasteiger partial charge on any atom is 0.220 e. The van der Waals surface area contributed by atoms with Gasteiger partial charge in [-0.05, 0) is 91.1 Å². The van der Waals surface area contributed by atoms with Crippen molar-refractivity contribution < 1.29 is 9.53 Å². The van der Waals surface area contributed by atoms with Gasteiger partial charge in [-0.15, -0.1) is 0 Å². The second kappa shape index (κ2) is 12.2. The third kappa shape index (κ3) is 5.90. The van der Waals surface area contributed by atoms with E-state index in [4.69, 9.17) is 15.5 Å². The molecule has 37 heavy (non-hydrogen) atoms. The van der Waals surface area contributed by atoms with Gasteiger partial charge >= 0.3 is 0 Å². The average Bonchev–Trinajstić information content (AvgIpc) is 2.94. The van der Waals surface area contributed by atoms with Crippen LogP contribution in [0.5, 0.6) is 0 Å². The van der Waals surface area contributed by atoms with Crippen LogP contribution in [0, 0.1) is 18.8 Å². The normalized spacial score (nSPS) is 23.8. The Balaban J connectivity index is 0.00000156. The molecule has 1 aromatic heterocycles. The van der Waals surface area contributed by atoms with E-state index in [1.165, 1.54) is 44.4 Å². The Morgan fingerprint density at radius 1 is 1.00 bits per heavy atom. The minimum atomic E-state index is -0.152. The van der Waals surface area contributed by atoms with E-state index in [1.807, 2.05) is 13.8 Å². The van der Waals surface area contributed by atoms with Crippen LogP contribution in [0.1, 0.15) is 94.1 Å². The molecule has 0 bridgehead atoms. The Morgan fingerprint density at radius 3 is 2.38 bits per heavy atom. The summed E-state index contributed by atoms with van der Waals surface area (Å²) < 4.78 is 5.76. The quantitative estimate of drug-likeness (QED) is 0.390. The fourth-order valence-corrected chi connectivity index (χ4v) is 6.17. The number of benzene rings is 2. The maximum atomic E-state index is 11.7. The number of fused-ring (bicyclic) bond motifs is 1. The molecule has 1 aliphatic heterocycles. The monoisotopic (exact) mass is 500 g/mol. The number of carbonyl (C=O) groups excluding carboxylic acids is 1. The SMILES string of the molecule is CC.CCc1cc(-c2ccc3c(C4CCOC[C@@H]4C)nc(C4CCC(C(N)=O)CC4)cc3c2)ccc1C. The lowest BCUT2D eigenvalue weighted by atomic mass is 9.79. The molecule has 1 saturated carbocycles. The summed E-state index contributed by atoms with van der Waals surface area (Å²) in [7, 11) is 0. The zero-order valence-electron chi connectivity index (χ0n) is 23.3. The lowest BCUT2D eigenvalue weighted by Gasteiger charge is -2.31. The van der Waals surface area contributed by atoms with E-state index < -0.39 is 0 Å². The van der Waals surface area contributed by atoms with Crippen molar-refractivity contribution in [2.75, 3.05) is 13.2 Å². The standard InChI is InChI=1S/C31H38N2O2.C2H6/c1-4-21-15-24(6-5-19(21)2)25-11-12-28-26(16-25)17-29(22-7-9-23(10-8-22)31(32)34)33-30(28)27-13-14-35-18-20(27)3;1-2/h5-6,11-12,15-17,20,22-23,27H,4,7-10,13-14,18H2,1-3H3,(H2,32,34);1-2H3/t20-,22?,23?,27?;/m0./s1. The number of pyridine rings is 1. The molecular formula is C33H44N2O2. The summed E-state index contributed by atoms with van der Waals surface area (Å²) >= 11 is 0. The molecule has 1 saturated heterocycles. The third-order valence-corrected chi connectivity index (χ3v) is 8.48. The molecule has 1 unspecified atom stereocenters. The van der Waals surface area contributed by atoms with Gasteiger partial charge in [-0.3, -0.25) is 9.78 Å². The molecule has 5 rings (SSSR count). The fraction of sp³-hybridized carbons (Fsp3) is 0.515. The number of primary amides is 1. The lowest BCUT2D eigenvalue weighted by molar-refractivity contribution is -0.122. The van der Waals surface area contributed by atoms with Crippen molar-refractivity contribution in [3.63, 3.8) is 0 Å². The zero-order chi connectivity index (χ0) is 26.5. The third-order valence-electron chi connectivity index (χ3n) is 8.48. The highest BCUT2D eigenvalue weighted by molar-refractivity contribution is 5.90. The predicted octanol–water partition coefficient (Wildman–Crippen LogP) is 7.70. The highest BCUT2D eigenvalue weighted by atomic mass is 16.5. The highest BCUT2D eigenvalue weighted by Gasteiger charge is 2.30. The fourth-order valence-electron chi connectivity index (χ4n) is 6.17. The number of ether oxygens (including phenoxy) is 1. The summed E-state index contributed by atoms with van der Waals surface area (Å²) in [6.45, 7) is 12.3. The molecule has 198 valence electrons. The van der Waals surface area contributed by atoms with Crippen molar-refractivity contribution in [1.29, 1.82) is 0 Å². The number of hydrogen-bond acceptors (Lipinski definition) is 3. The van der Waals surface area contributed by atoms with Gasteiger partial charge in [0.1, 0.15) is 0 Å². The van der Waals surface area contributed by atoms with Crippen molar-refractivity contribution in [3.8, 4) is 11.1 Å². The molecule has 2 N–H and O–H groups in total. The first-order valence-electron chi connectivity index (χ1n) is 14.4. The van der Waals surface area contributed by atoms with Crippen molar-refractivity contribution in [2.45, 2.75) is 85.0 Å². The summed E-state index contributed by atoms with van der Waals surface area (Å²) in [4.78, 5) is 17.0. The molecule has 2 heterocycles. The number of aromatic nitrogens is 1. The van der Waals surface area contributed by atoms with Crippen molar-refractivity contribution in [1.82, 2.24) is 4.98 Å². The Hall–Kier alpha value is -2.72. The summed E-state index contributed by atoms with van der Waals surface area (Å²) in [5.41, 5.74) is 13.3. The average molecular weight is 501 g/mol. The van der Waals surface area contributed by atoms with Gasteiger partial charge in [0.15, 0.2) is 0 Å². The molecule has 4 nitrogen and oxygen atoms in total. The van der Waals surface area contributed by atoms with Crippen LogP contribution in [0.15, 0.2) is 42.5 Å². The van der Waals surface area contributed by atoms with Gasteiger partial charge < -0.3 is 10.5 Å². The molecule has 2 aliphatic rings. The first-order chi connectivity index (χ1) is 17.9. The first-order valence-corrected chi connectivity index (χ1v) is 14.4. The van der Waals surface area contributed by atoms with Crippen molar-refractivity contribution in [2.24, 2.45) is 17.6 Å². The molecule has 3 aromatic rings. The second-order valence-electron chi connectivity index (χ2n) is 10.8. The molecule has 1 amide bonds. The summed E-state index contributed by atoms with van der Waals surface area (Å²) in [6, 6.07) is 16.0. The van der Waals surface area contributed by atoms with Crippen LogP contribution in [0.25, 0.3) is 21.9 Å². The van der Waals surface area contributed by atoms with Gasteiger partial charge in [0.05, 0.1) is 5.69 Å². The van der Waals surface area contributed by atoms with E-state index in [0.29, 0.717) is 17.8 Å². The van der Waals surface area contributed by atoms with Gasteiger partial charge in [0.25, 0.3) is 0 Å². The maximum absolute atomic E-state index is 11.7. The van der Waals surface area contributed by atoms with Crippen LogP contribution in [0.3, 0.4) is 0 Å². The molecule has 2 atom stereocenters. The first kappa shape index (κ1) is 27.3. The number of carbonyl (C=O) groups is 1. The number of aryl methyl sites for hydroxylation is 2.